The summed E-state index contributed by atoms with van der Waals surface area (Å²) in [6.07, 6.45) is 6.35. The number of rotatable bonds is 6. The molecule has 2 N–H and O–H groups in total. The molecule has 0 saturated carbocycles. The zero-order chi connectivity index (χ0) is 19.3. The average molecular weight is 417 g/mol. The van der Waals surface area contributed by atoms with Crippen LogP contribution in [0.4, 0.5) is 5.88 Å². The molecule has 154 valence electrons. The van der Waals surface area contributed by atoms with Gasteiger partial charge in [-0.1, -0.05) is 47.1 Å². The Morgan fingerprint density at radius 1 is 1.31 bits per heavy atom. The van der Waals surface area contributed by atoms with E-state index in [0.29, 0.717) is 17.6 Å². The number of carbonyl (C=O) groups excluding carboxylic acids is 1. The molecule has 0 aliphatic carbocycles. The van der Waals surface area contributed by atoms with Crippen molar-refractivity contribution < 1.29 is 9.32 Å². The second kappa shape index (κ2) is 9.67. The SMILES string of the molecule is Cc1noc(NC(=O)c2cn(CCC3CCCCN3)nn2)c1-c1ccccc1.Cl. The van der Waals surface area contributed by atoms with Crippen LogP contribution < -0.4 is 10.6 Å². The van der Waals surface area contributed by atoms with Gasteiger partial charge in [0.15, 0.2) is 5.69 Å². The van der Waals surface area contributed by atoms with Crippen LogP contribution in [0.3, 0.4) is 0 Å². The van der Waals surface area contributed by atoms with Gasteiger partial charge >= 0.3 is 0 Å². The van der Waals surface area contributed by atoms with Crippen molar-refractivity contribution in [1.29, 1.82) is 0 Å². The van der Waals surface area contributed by atoms with Crippen molar-refractivity contribution in [3.63, 3.8) is 0 Å². The highest BCUT2D eigenvalue weighted by atomic mass is 35.5. The van der Waals surface area contributed by atoms with Crippen molar-refractivity contribution >= 4 is 24.2 Å². The highest BCUT2D eigenvalue weighted by Crippen LogP contribution is 2.31. The van der Waals surface area contributed by atoms with Crippen LogP contribution in [0.2, 0.25) is 0 Å². The number of hydrogen-bond acceptors (Lipinski definition) is 6. The van der Waals surface area contributed by atoms with Gasteiger partial charge in [0.2, 0.25) is 5.88 Å². The predicted molar refractivity (Wildman–Crippen MR) is 112 cm³/mol. The van der Waals surface area contributed by atoms with Gasteiger partial charge < -0.3 is 9.84 Å². The molecule has 1 saturated heterocycles. The number of benzene rings is 1. The smallest absolute Gasteiger partial charge is 0.280 e. The number of anilines is 1. The van der Waals surface area contributed by atoms with E-state index in [1.54, 1.807) is 10.9 Å². The fourth-order valence-electron chi connectivity index (χ4n) is 3.54. The molecule has 8 nitrogen and oxygen atoms in total. The van der Waals surface area contributed by atoms with E-state index in [9.17, 15) is 4.79 Å². The Morgan fingerprint density at radius 3 is 2.90 bits per heavy atom. The second-order valence-corrected chi connectivity index (χ2v) is 7.09. The van der Waals surface area contributed by atoms with Crippen molar-refractivity contribution in [2.24, 2.45) is 0 Å². The molecule has 1 aliphatic rings. The van der Waals surface area contributed by atoms with Gasteiger partial charge in [-0.2, -0.15) is 0 Å². The molecule has 9 heteroatoms. The molecule has 4 rings (SSSR count). The van der Waals surface area contributed by atoms with E-state index < -0.39 is 0 Å². The van der Waals surface area contributed by atoms with Crippen molar-refractivity contribution in [3.8, 4) is 11.1 Å². The maximum atomic E-state index is 12.6. The molecular formula is C20H25ClN6O2. The number of aryl methyl sites for hydroxylation is 2. The highest BCUT2D eigenvalue weighted by Gasteiger charge is 2.20. The molecule has 0 spiro atoms. The van der Waals surface area contributed by atoms with Gasteiger partial charge in [-0.25, -0.2) is 0 Å². The monoisotopic (exact) mass is 416 g/mol. The Balaban J connectivity index is 0.00000240. The fourth-order valence-corrected chi connectivity index (χ4v) is 3.54. The Hall–Kier alpha value is -2.71. The lowest BCUT2D eigenvalue weighted by atomic mass is 10.0. The molecular weight excluding hydrogens is 392 g/mol. The van der Waals surface area contributed by atoms with Gasteiger partial charge in [0.25, 0.3) is 5.91 Å². The minimum atomic E-state index is -0.365. The molecule has 2 aromatic heterocycles. The largest absolute Gasteiger partial charge is 0.337 e. The summed E-state index contributed by atoms with van der Waals surface area (Å²) in [6, 6.07) is 10.2. The van der Waals surface area contributed by atoms with Crippen molar-refractivity contribution in [2.45, 2.75) is 45.2 Å². The average Bonchev–Trinajstić information content (AvgIpc) is 3.35. The van der Waals surface area contributed by atoms with Crippen LogP contribution in [0.5, 0.6) is 0 Å². The Bertz CT molecular complexity index is 934. The first-order valence-electron chi connectivity index (χ1n) is 9.67. The van der Waals surface area contributed by atoms with Gasteiger partial charge in [-0.05, 0) is 38.3 Å². The minimum Gasteiger partial charge on any atom is -0.337 e. The lowest BCUT2D eigenvalue weighted by molar-refractivity contribution is 0.101. The minimum absolute atomic E-state index is 0. The summed E-state index contributed by atoms with van der Waals surface area (Å²) in [6.45, 7) is 3.65. The Labute approximate surface area is 175 Å². The van der Waals surface area contributed by atoms with Crippen LogP contribution in [-0.4, -0.2) is 38.6 Å². The molecule has 3 aromatic rings. The molecule has 0 bridgehead atoms. The normalized spacial score (nSPS) is 16.2. The highest BCUT2D eigenvalue weighted by molar-refractivity contribution is 6.03. The summed E-state index contributed by atoms with van der Waals surface area (Å²) >= 11 is 0. The number of piperidine rings is 1. The molecule has 1 fully saturated rings. The molecule has 0 radical (unpaired) electrons. The number of hydrogen-bond donors (Lipinski definition) is 2. The van der Waals surface area contributed by atoms with Crippen LogP contribution in [0.15, 0.2) is 41.1 Å². The second-order valence-electron chi connectivity index (χ2n) is 7.09. The summed E-state index contributed by atoms with van der Waals surface area (Å²) in [4.78, 5) is 12.6. The zero-order valence-electron chi connectivity index (χ0n) is 16.3. The first-order valence-corrected chi connectivity index (χ1v) is 9.67. The zero-order valence-corrected chi connectivity index (χ0v) is 17.1. The number of nitrogens with zero attached hydrogens (tertiary/aromatic N) is 4. The summed E-state index contributed by atoms with van der Waals surface area (Å²) < 4.78 is 7.05. The van der Waals surface area contributed by atoms with Crippen LogP contribution in [0.1, 0.15) is 41.9 Å². The molecule has 1 amide bonds. The van der Waals surface area contributed by atoms with Crippen LogP contribution >= 0.6 is 12.4 Å². The van der Waals surface area contributed by atoms with Crippen LogP contribution in [0.25, 0.3) is 11.1 Å². The number of amides is 1. The molecule has 1 unspecified atom stereocenters. The van der Waals surface area contributed by atoms with E-state index in [-0.39, 0.29) is 24.0 Å². The van der Waals surface area contributed by atoms with E-state index in [0.717, 1.165) is 30.6 Å². The number of halogens is 1. The lowest BCUT2D eigenvalue weighted by Crippen LogP contribution is -2.34. The number of nitrogens with one attached hydrogen (secondary N) is 2. The Morgan fingerprint density at radius 2 is 2.14 bits per heavy atom. The predicted octanol–water partition coefficient (Wildman–Crippen LogP) is 3.45. The molecule has 29 heavy (non-hydrogen) atoms. The van der Waals surface area contributed by atoms with Crippen molar-refractivity contribution in [2.75, 3.05) is 11.9 Å². The van der Waals surface area contributed by atoms with E-state index in [2.05, 4.69) is 26.1 Å². The van der Waals surface area contributed by atoms with Gasteiger partial charge in [0.1, 0.15) is 0 Å². The third kappa shape index (κ3) is 5.02. The van der Waals surface area contributed by atoms with Gasteiger partial charge in [-0.15, -0.1) is 17.5 Å². The third-order valence-corrected chi connectivity index (χ3v) is 5.04. The van der Waals surface area contributed by atoms with Gasteiger partial charge in [-0.3, -0.25) is 14.8 Å². The lowest BCUT2D eigenvalue weighted by Gasteiger charge is -2.23. The van der Waals surface area contributed by atoms with Crippen molar-refractivity contribution in [1.82, 2.24) is 25.5 Å². The summed E-state index contributed by atoms with van der Waals surface area (Å²) in [5, 5.41) is 18.4. The van der Waals surface area contributed by atoms with Crippen molar-refractivity contribution in [3.05, 3.63) is 47.9 Å². The summed E-state index contributed by atoms with van der Waals surface area (Å²) in [7, 11) is 0. The van der Waals surface area contributed by atoms with E-state index in [1.807, 2.05) is 37.3 Å². The maximum absolute atomic E-state index is 12.6. The third-order valence-electron chi connectivity index (χ3n) is 5.04. The van der Waals surface area contributed by atoms with Crippen LogP contribution in [-0.2, 0) is 6.54 Å². The van der Waals surface area contributed by atoms with E-state index in [1.165, 1.54) is 19.3 Å². The number of carbonyl (C=O) groups is 1. The van der Waals surface area contributed by atoms with Crippen LogP contribution in [0, 0.1) is 6.92 Å². The first-order chi connectivity index (χ1) is 13.7. The summed E-state index contributed by atoms with van der Waals surface area (Å²) in [5.41, 5.74) is 2.67. The standard InChI is InChI=1S/C20H24N6O2.ClH/c1-14-18(15-7-3-2-4-8-15)20(28-24-14)22-19(27)17-13-26(25-23-17)12-10-16-9-5-6-11-21-16;/h2-4,7-8,13,16,21H,5-6,9-12H2,1H3,(H,22,27);1H. The fraction of sp³-hybridized carbons (Fsp3) is 0.400. The molecule has 1 aliphatic heterocycles. The quantitative estimate of drug-likeness (QED) is 0.638. The molecule has 3 heterocycles. The van der Waals surface area contributed by atoms with E-state index in [4.69, 9.17) is 4.52 Å². The Kier molecular flexibility index (Phi) is 7.00. The topological polar surface area (TPSA) is 97.9 Å². The maximum Gasteiger partial charge on any atom is 0.280 e. The molecule has 1 aromatic carbocycles. The number of aromatic nitrogens is 4. The van der Waals surface area contributed by atoms with Gasteiger partial charge in [0.05, 0.1) is 17.5 Å². The van der Waals surface area contributed by atoms with Gasteiger partial charge in [0, 0.05) is 12.6 Å². The van der Waals surface area contributed by atoms with E-state index >= 15 is 0 Å². The molecule has 1 atom stereocenters. The summed E-state index contributed by atoms with van der Waals surface area (Å²) in [5.74, 6) is -0.0509. The first kappa shape index (κ1) is 21.0.